The van der Waals surface area contributed by atoms with Gasteiger partial charge in [0.2, 0.25) is 5.91 Å². The van der Waals surface area contributed by atoms with Gasteiger partial charge in [-0.15, -0.1) is 24.0 Å². The first kappa shape index (κ1) is 72.0. The second-order valence-corrected chi connectivity index (χ2v) is 22.1. The maximum absolute atomic E-state index is 11.1. The molecule has 2 aromatic carbocycles. The molecule has 0 fully saturated rings. The minimum absolute atomic E-state index is 0. The van der Waals surface area contributed by atoms with Crippen LogP contribution in [0.1, 0.15) is 138 Å². The number of carbonyl (C=O) groups excluding carboxylic acids is 4. The zero-order valence-electron chi connectivity index (χ0n) is 30.6. The summed E-state index contributed by atoms with van der Waals surface area (Å²) >= 11 is 9.54. The third-order valence-corrected chi connectivity index (χ3v) is 2.96. The Morgan fingerprint density at radius 1 is 0.578 bits per heavy atom. The van der Waals surface area contributed by atoms with E-state index in [1.165, 1.54) is 34.6 Å². The fraction of sp³-hybridized carbons (Fsp3) is 0.515. The molecular weight excluding hydrogens is 1250 g/mol. The molecule has 0 heterocycles. The summed E-state index contributed by atoms with van der Waals surface area (Å²) in [6, 6.07) is 14.0. The standard InChI is InChI=1S/C10H11NO2.C8H9NO.C3H6O.6C2H6.I3.I2.HI/c1-7(12)9-5-3-4-6-10(9)11-8(2)13;1-6(10)7-4-2-3-5-8(7)9;1-3(2)4;6*1-2;1-3-2;1-2;/h3-6H,1-2H3,(H,11,13);2-5H,9H2,1H3;1-2H3;6*1-2H3;;;1H/q;;;;;;;;;-1;;. The van der Waals surface area contributed by atoms with E-state index in [0.717, 1.165) is 0 Å². The van der Waals surface area contributed by atoms with Crippen molar-refractivity contribution in [2.45, 2.75) is 118 Å². The number of para-hydroxylation sites is 2. The maximum atomic E-state index is 11.1. The van der Waals surface area contributed by atoms with Crippen LogP contribution in [0, 0.1) is 0 Å². The molecule has 0 unspecified atom stereocenters. The van der Waals surface area contributed by atoms with E-state index >= 15 is 0 Å². The molecule has 0 aliphatic heterocycles. The molecule has 0 spiro atoms. The summed E-state index contributed by atoms with van der Waals surface area (Å²) in [5.74, 6) is -0.0452. The van der Waals surface area contributed by atoms with Gasteiger partial charge in [-0.2, -0.15) is 0 Å². The van der Waals surface area contributed by atoms with Crippen LogP contribution < -0.4 is 24.3 Å². The van der Waals surface area contributed by atoms with Crippen molar-refractivity contribution in [2.24, 2.45) is 0 Å². The summed E-state index contributed by atoms with van der Waals surface area (Å²) in [5.41, 5.74) is 7.76. The van der Waals surface area contributed by atoms with Crippen molar-refractivity contribution in [1.82, 2.24) is 0 Å². The number of rotatable bonds is 3. The van der Waals surface area contributed by atoms with Crippen LogP contribution in [0.15, 0.2) is 48.5 Å². The molecule has 0 bridgehead atoms. The van der Waals surface area contributed by atoms with Gasteiger partial charge in [-0.05, 0) is 52.0 Å². The number of anilines is 2. The number of Topliss-reactive ketones (excluding diaryl/α,β-unsaturated/α-hetero) is 3. The average molecular weight is 1310 g/mol. The van der Waals surface area contributed by atoms with Crippen LogP contribution in [0.25, 0.3) is 0 Å². The molecule has 1 amide bonds. The molecule has 6 nitrogen and oxygen atoms in total. The van der Waals surface area contributed by atoms with Gasteiger partial charge in [0.25, 0.3) is 0 Å². The summed E-state index contributed by atoms with van der Waals surface area (Å²) < 4.78 is 0. The molecule has 0 atom stereocenters. The number of nitrogen functional groups attached to an aromatic ring is 1. The summed E-state index contributed by atoms with van der Waals surface area (Å²) in [6.45, 7) is 31.4. The van der Waals surface area contributed by atoms with Crippen molar-refractivity contribution < 1.29 is 32.4 Å². The van der Waals surface area contributed by atoms with Crippen molar-refractivity contribution in [3.8, 4) is 0 Å². The molecule has 2 aromatic rings. The SMILES string of the molecule is CC.CC.CC.CC.CC.CC.CC(=O)Nc1ccccc1C(C)=O.CC(=O)c1ccccc1N.CC(C)=O.I.II.I[I-]I. The predicted molar refractivity (Wildman–Crippen MR) is 248 cm³/mol. The van der Waals surface area contributed by atoms with E-state index in [4.69, 9.17) is 5.73 Å². The number of halogens is 6. The second-order valence-electron chi connectivity index (χ2n) is 5.89. The van der Waals surface area contributed by atoms with Gasteiger partial charge in [-0.25, -0.2) is 0 Å². The Labute approximate surface area is 348 Å². The third-order valence-electron chi connectivity index (χ3n) is 2.96. The number of nitrogens with one attached hydrogen (secondary N) is 1. The Hall–Kier alpha value is 1.10. The Morgan fingerprint density at radius 2 is 0.822 bits per heavy atom. The number of benzene rings is 2. The van der Waals surface area contributed by atoms with Gasteiger partial charge in [-0.3, -0.25) is 14.4 Å². The van der Waals surface area contributed by atoms with Crippen molar-refractivity contribution in [3.63, 3.8) is 0 Å². The molecule has 0 saturated heterocycles. The van der Waals surface area contributed by atoms with Crippen molar-refractivity contribution in [2.75, 3.05) is 11.1 Å². The average Bonchev–Trinajstić information content (AvgIpc) is 3.04. The van der Waals surface area contributed by atoms with Crippen LogP contribution in [0.3, 0.4) is 0 Å². The zero-order chi connectivity index (χ0) is 37.7. The molecule has 0 aliphatic rings. The zero-order valence-corrected chi connectivity index (χ0v) is 43.7. The number of amides is 1. The van der Waals surface area contributed by atoms with Crippen LogP contribution in [0.4, 0.5) is 11.4 Å². The van der Waals surface area contributed by atoms with Gasteiger partial charge in [0, 0.05) is 61.0 Å². The first-order valence-corrected chi connectivity index (χ1v) is 33.5. The summed E-state index contributed by atoms with van der Waals surface area (Å²) in [5, 5.41) is 2.59. The van der Waals surface area contributed by atoms with Gasteiger partial charge in [0.15, 0.2) is 11.6 Å². The van der Waals surface area contributed by atoms with E-state index in [1.807, 2.05) is 89.2 Å². The predicted octanol–water partition coefficient (Wildman–Crippen LogP) is 11.2. The second kappa shape index (κ2) is 71.2. The minimum atomic E-state index is -0.172. The number of hydrogen-bond donors (Lipinski definition) is 2. The van der Waals surface area contributed by atoms with E-state index in [2.05, 4.69) is 79.8 Å². The third kappa shape index (κ3) is 68.0. The Bertz CT molecular complexity index is 853. The van der Waals surface area contributed by atoms with Gasteiger partial charge in [0.05, 0.1) is 5.69 Å². The molecule has 45 heavy (non-hydrogen) atoms. The number of hydrogen-bond acceptors (Lipinski definition) is 5. The first-order valence-electron chi connectivity index (χ1n) is 14.7. The molecule has 272 valence electrons. The van der Waals surface area contributed by atoms with Gasteiger partial charge in [-0.1, -0.05) is 107 Å². The Kier molecular flexibility index (Phi) is 114. The van der Waals surface area contributed by atoms with E-state index in [0.29, 0.717) is 35.8 Å². The fourth-order valence-corrected chi connectivity index (χ4v) is 1.91. The van der Waals surface area contributed by atoms with Crippen molar-refractivity contribution >= 4 is 133 Å². The van der Waals surface area contributed by atoms with Crippen LogP contribution in [0.2, 0.25) is 0 Å². The number of nitrogens with two attached hydrogens (primary N) is 1. The van der Waals surface area contributed by atoms with Gasteiger partial charge in [0.1, 0.15) is 5.78 Å². The Balaban J connectivity index is -0.0000000427. The molecule has 0 aromatic heterocycles. The molecule has 0 saturated carbocycles. The quantitative estimate of drug-likeness (QED) is 0.181. The summed E-state index contributed by atoms with van der Waals surface area (Å²) in [7, 11) is 0. The van der Waals surface area contributed by atoms with Gasteiger partial charge >= 0.3 is 50.5 Å². The number of carbonyl (C=O) groups is 4. The molecule has 2 rings (SSSR count). The normalized spacial score (nSPS) is 6.78. The summed E-state index contributed by atoms with van der Waals surface area (Å²) in [6.07, 6.45) is 0. The number of ketones is 3. The molecule has 12 heteroatoms. The van der Waals surface area contributed by atoms with E-state index in [-0.39, 0.29) is 47.2 Å². The molecule has 3 N–H and O–H groups in total. The van der Waals surface area contributed by atoms with Crippen LogP contribution in [-0.4, -0.2) is 23.3 Å². The van der Waals surface area contributed by atoms with Crippen molar-refractivity contribution in [1.29, 1.82) is 0 Å². The first-order chi connectivity index (χ1) is 21.0. The van der Waals surface area contributed by atoms with E-state index < -0.39 is 0 Å². The summed E-state index contributed by atoms with van der Waals surface area (Å²) in [4.78, 5) is 42.1. The topological polar surface area (TPSA) is 106 Å². The monoisotopic (exact) mass is 1310 g/mol. The van der Waals surface area contributed by atoms with E-state index in [1.54, 1.807) is 42.5 Å². The molecular formula is C33H63I6N2O4-. The fourth-order valence-electron chi connectivity index (χ4n) is 1.91. The Morgan fingerprint density at radius 3 is 1.04 bits per heavy atom. The molecule has 0 aliphatic carbocycles. The van der Waals surface area contributed by atoms with Crippen molar-refractivity contribution in [3.05, 3.63) is 59.7 Å². The van der Waals surface area contributed by atoms with E-state index in [9.17, 15) is 19.2 Å². The van der Waals surface area contributed by atoms with Gasteiger partial charge < -0.3 is 15.8 Å². The van der Waals surface area contributed by atoms with Crippen LogP contribution in [0.5, 0.6) is 0 Å². The van der Waals surface area contributed by atoms with Crippen LogP contribution in [-0.2, 0) is 9.59 Å². The molecule has 0 radical (unpaired) electrons. The van der Waals surface area contributed by atoms with Crippen LogP contribution >= 0.6 is 98.4 Å².